The predicted octanol–water partition coefficient (Wildman–Crippen LogP) is 3.08. The molecule has 0 nitrogen and oxygen atoms in total. The summed E-state index contributed by atoms with van der Waals surface area (Å²) in [4.78, 5) is 0. The number of terminal acetylenes is 1. The molecular weight excluding hydrogens is 108 g/mol. The fourth-order valence-corrected chi connectivity index (χ4v) is 0.697. The molecule has 0 fully saturated rings. The Bertz CT molecular complexity index is 52.3. The average molecular weight is 126 g/mol. The van der Waals surface area contributed by atoms with Gasteiger partial charge in [0.05, 0.1) is 0 Å². The summed E-state index contributed by atoms with van der Waals surface area (Å²) in [5.74, 6) is 0.949. The van der Waals surface area contributed by atoms with Crippen LogP contribution in [0.15, 0.2) is 0 Å². The first-order valence-electron chi connectivity index (χ1n) is 3.64. The van der Waals surface area contributed by atoms with E-state index in [0.717, 1.165) is 5.92 Å². The van der Waals surface area contributed by atoms with Gasteiger partial charge >= 0.3 is 0 Å². The highest BCUT2D eigenvalue weighted by Crippen LogP contribution is 2.07. The highest BCUT2D eigenvalue weighted by Gasteiger charge is 1.92. The fraction of sp³-hybridized carbons (Fsp3) is 0.778. The molecular formula is C9H18. The normalized spacial score (nSPS) is 11.2. The zero-order valence-corrected chi connectivity index (χ0v) is 6.85. The quantitative estimate of drug-likeness (QED) is 0.510. The Balaban J connectivity index is 0. The van der Waals surface area contributed by atoms with Gasteiger partial charge in [-0.25, -0.2) is 0 Å². The van der Waals surface area contributed by atoms with Gasteiger partial charge in [0.25, 0.3) is 0 Å². The van der Waals surface area contributed by atoms with Crippen LogP contribution in [0.3, 0.4) is 0 Å². The van der Waals surface area contributed by atoms with E-state index in [2.05, 4.69) is 33.6 Å². The summed E-state index contributed by atoms with van der Waals surface area (Å²) in [5, 5.41) is 0. The van der Waals surface area contributed by atoms with Crippen LogP contribution in [-0.2, 0) is 0 Å². The number of rotatable bonds is 3. The maximum Gasteiger partial charge on any atom is -0.0446 e. The van der Waals surface area contributed by atoms with Gasteiger partial charge in [0.2, 0.25) is 0 Å². The van der Waals surface area contributed by atoms with E-state index in [0.29, 0.717) is 0 Å². The van der Waals surface area contributed by atoms with E-state index in [1.807, 2.05) is 0 Å². The first-order chi connectivity index (χ1) is 4.31. The average Bonchev–Trinajstić information content (AvgIpc) is 1.93. The third-order valence-corrected chi connectivity index (χ3v) is 1.48. The molecule has 0 N–H and O–H groups in total. The van der Waals surface area contributed by atoms with E-state index in [4.69, 9.17) is 0 Å². The van der Waals surface area contributed by atoms with Crippen molar-refractivity contribution in [1.29, 1.82) is 0 Å². The van der Waals surface area contributed by atoms with Crippen molar-refractivity contribution in [2.24, 2.45) is 5.92 Å². The summed E-state index contributed by atoms with van der Waals surface area (Å²) in [6.45, 7) is 6.80. The molecule has 54 valence electrons. The van der Waals surface area contributed by atoms with E-state index in [1.165, 1.54) is 19.3 Å². The van der Waals surface area contributed by atoms with Gasteiger partial charge in [-0.15, -0.1) is 12.8 Å². The zero-order valence-electron chi connectivity index (χ0n) is 6.85. The first kappa shape index (κ1) is 11.4. The maximum absolute atomic E-state index is 4.00. The summed E-state index contributed by atoms with van der Waals surface area (Å²) >= 11 is 0. The minimum atomic E-state index is 0.949. The minimum Gasteiger partial charge on any atom is -0.124 e. The standard InChI is InChI=1S/C7H16.C2H2/c1-4-6-7(3)5-2;1-2/h7H,4-6H2,1-3H3;1-2H. The van der Waals surface area contributed by atoms with Crippen LogP contribution in [0.5, 0.6) is 0 Å². The van der Waals surface area contributed by atoms with Gasteiger partial charge in [-0.3, -0.25) is 0 Å². The molecule has 0 aliphatic heterocycles. The van der Waals surface area contributed by atoms with Crippen LogP contribution in [0, 0.1) is 18.8 Å². The van der Waals surface area contributed by atoms with Crippen molar-refractivity contribution in [3.8, 4) is 12.8 Å². The molecule has 0 aliphatic carbocycles. The van der Waals surface area contributed by atoms with Gasteiger partial charge < -0.3 is 0 Å². The van der Waals surface area contributed by atoms with Crippen LogP contribution >= 0.6 is 0 Å². The minimum absolute atomic E-state index is 0.949. The maximum atomic E-state index is 4.00. The largest absolute Gasteiger partial charge is 0.124 e. The van der Waals surface area contributed by atoms with E-state index < -0.39 is 0 Å². The summed E-state index contributed by atoms with van der Waals surface area (Å²) in [5.41, 5.74) is 0. The summed E-state index contributed by atoms with van der Waals surface area (Å²) in [7, 11) is 0. The number of hydrogen-bond donors (Lipinski definition) is 0. The molecule has 0 spiro atoms. The van der Waals surface area contributed by atoms with Crippen molar-refractivity contribution in [2.75, 3.05) is 0 Å². The molecule has 9 heavy (non-hydrogen) atoms. The van der Waals surface area contributed by atoms with Crippen molar-refractivity contribution in [2.45, 2.75) is 40.0 Å². The van der Waals surface area contributed by atoms with Crippen molar-refractivity contribution >= 4 is 0 Å². The van der Waals surface area contributed by atoms with E-state index in [1.54, 1.807) is 0 Å². The van der Waals surface area contributed by atoms with E-state index >= 15 is 0 Å². The molecule has 0 saturated heterocycles. The Morgan fingerprint density at radius 1 is 1.22 bits per heavy atom. The van der Waals surface area contributed by atoms with Gasteiger partial charge in [-0.05, 0) is 5.92 Å². The molecule has 0 bridgehead atoms. The molecule has 1 unspecified atom stereocenters. The predicted molar refractivity (Wildman–Crippen MR) is 44.3 cm³/mol. The van der Waals surface area contributed by atoms with Crippen molar-refractivity contribution in [1.82, 2.24) is 0 Å². The monoisotopic (exact) mass is 126 g/mol. The molecule has 0 aromatic rings. The Hall–Kier alpha value is -0.440. The van der Waals surface area contributed by atoms with Crippen LogP contribution in [0.25, 0.3) is 0 Å². The Labute approximate surface area is 59.7 Å². The molecule has 0 radical (unpaired) electrons. The third kappa shape index (κ3) is 11.2. The van der Waals surface area contributed by atoms with Crippen LogP contribution in [-0.4, -0.2) is 0 Å². The van der Waals surface area contributed by atoms with E-state index in [-0.39, 0.29) is 0 Å². The highest BCUT2D eigenvalue weighted by atomic mass is 14.0. The first-order valence-corrected chi connectivity index (χ1v) is 3.64. The molecule has 0 saturated carbocycles. The lowest BCUT2D eigenvalue weighted by molar-refractivity contribution is 0.509. The van der Waals surface area contributed by atoms with Gasteiger partial charge in [-0.1, -0.05) is 40.0 Å². The molecule has 0 heterocycles. The van der Waals surface area contributed by atoms with Crippen LogP contribution < -0.4 is 0 Å². The molecule has 0 amide bonds. The summed E-state index contributed by atoms with van der Waals surface area (Å²) in [6, 6.07) is 0. The molecule has 0 heteroatoms. The smallest absolute Gasteiger partial charge is 0.0446 e. The van der Waals surface area contributed by atoms with Crippen LogP contribution in [0.2, 0.25) is 0 Å². The van der Waals surface area contributed by atoms with Gasteiger partial charge in [0.15, 0.2) is 0 Å². The molecule has 0 rings (SSSR count). The van der Waals surface area contributed by atoms with Crippen molar-refractivity contribution in [3.63, 3.8) is 0 Å². The lowest BCUT2D eigenvalue weighted by atomic mass is 10.0. The second-order valence-corrected chi connectivity index (χ2v) is 2.30. The fourth-order valence-electron chi connectivity index (χ4n) is 0.697. The Morgan fingerprint density at radius 2 is 1.67 bits per heavy atom. The number of hydrogen-bond acceptors (Lipinski definition) is 0. The van der Waals surface area contributed by atoms with Gasteiger partial charge in [0, 0.05) is 0 Å². The molecule has 0 aliphatic rings. The van der Waals surface area contributed by atoms with Gasteiger partial charge in [0.1, 0.15) is 0 Å². The highest BCUT2D eigenvalue weighted by molar-refractivity contribution is 4.47. The Kier molecular flexibility index (Phi) is 13.3. The van der Waals surface area contributed by atoms with Crippen LogP contribution in [0.1, 0.15) is 40.0 Å². The summed E-state index contributed by atoms with van der Waals surface area (Å²) < 4.78 is 0. The molecule has 0 aromatic heterocycles. The Morgan fingerprint density at radius 3 is 1.78 bits per heavy atom. The van der Waals surface area contributed by atoms with Crippen molar-refractivity contribution in [3.05, 3.63) is 0 Å². The van der Waals surface area contributed by atoms with Crippen LogP contribution in [0.4, 0.5) is 0 Å². The summed E-state index contributed by atoms with van der Waals surface area (Å²) in [6.07, 6.45) is 12.1. The lowest BCUT2D eigenvalue weighted by Crippen LogP contribution is -1.88. The topological polar surface area (TPSA) is 0 Å². The second kappa shape index (κ2) is 10.5. The second-order valence-electron chi connectivity index (χ2n) is 2.30. The SMILES string of the molecule is C#C.CCCC(C)CC. The molecule has 0 aromatic carbocycles. The molecule has 1 atom stereocenters. The zero-order chi connectivity index (χ0) is 7.70. The van der Waals surface area contributed by atoms with Crippen molar-refractivity contribution < 1.29 is 0 Å². The van der Waals surface area contributed by atoms with E-state index in [9.17, 15) is 0 Å². The van der Waals surface area contributed by atoms with Gasteiger partial charge in [-0.2, -0.15) is 0 Å². The third-order valence-electron chi connectivity index (χ3n) is 1.48. The lowest BCUT2D eigenvalue weighted by Gasteiger charge is -2.02.